The maximum atomic E-state index is 12.5. The highest BCUT2D eigenvalue weighted by atomic mass is 16.5. The van der Waals surface area contributed by atoms with E-state index < -0.39 is 0 Å². The van der Waals surface area contributed by atoms with Gasteiger partial charge in [0.05, 0.1) is 12.7 Å². The van der Waals surface area contributed by atoms with Gasteiger partial charge in [0.2, 0.25) is 0 Å². The normalized spacial score (nSPS) is 10.7. The van der Waals surface area contributed by atoms with Gasteiger partial charge < -0.3 is 14.6 Å². The van der Waals surface area contributed by atoms with Gasteiger partial charge in [0.1, 0.15) is 11.4 Å². The number of amides is 1. The van der Waals surface area contributed by atoms with Gasteiger partial charge in [-0.1, -0.05) is 12.1 Å². The molecule has 0 spiro atoms. The molecule has 3 aromatic rings. The van der Waals surface area contributed by atoms with Crippen molar-refractivity contribution < 1.29 is 9.53 Å². The lowest BCUT2D eigenvalue weighted by molar-refractivity contribution is 0.0952. The molecular weight excluding hydrogens is 290 g/mol. The molecule has 3 rings (SSSR count). The molecule has 0 bridgehead atoms. The summed E-state index contributed by atoms with van der Waals surface area (Å²) in [5, 5.41) is 3.84. The first-order valence-corrected chi connectivity index (χ1v) is 7.58. The van der Waals surface area contributed by atoms with Gasteiger partial charge in [0.25, 0.3) is 5.91 Å². The standard InChI is InChI=1S/C18H19N3O2/c1-3-21-12-16(15-5-4-10-19-17(15)21)18(22)20-11-13-6-8-14(23-2)9-7-13/h4-10,12H,3,11H2,1-2H3,(H,20,22). The molecule has 2 heterocycles. The van der Waals surface area contributed by atoms with Crippen molar-refractivity contribution in [2.24, 2.45) is 0 Å². The minimum Gasteiger partial charge on any atom is -0.497 e. The summed E-state index contributed by atoms with van der Waals surface area (Å²) in [6.07, 6.45) is 3.61. The third-order valence-corrected chi connectivity index (χ3v) is 3.83. The summed E-state index contributed by atoms with van der Waals surface area (Å²) in [6.45, 7) is 3.29. The Hall–Kier alpha value is -2.82. The van der Waals surface area contributed by atoms with Crippen LogP contribution >= 0.6 is 0 Å². The number of aromatic nitrogens is 2. The lowest BCUT2D eigenvalue weighted by Gasteiger charge is -2.05. The topological polar surface area (TPSA) is 56.2 Å². The Labute approximate surface area is 134 Å². The first kappa shape index (κ1) is 15.1. The quantitative estimate of drug-likeness (QED) is 0.788. The van der Waals surface area contributed by atoms with Crippen LogP contribution in [0, 0.1) is 0 Å². The number of aryl methyl sites for hydroxylation is 1. The van der Waals surface area contributed by atoms with Crippen LogP contribution in [0.2, 0.25) is 0 Å². The number of benzene rings is 1. The number of carbonyl (C=O) groups is 1. The molecular formula is C18H19N3O2. The van der Waals surface area contributed by atoms with Crippen molar-refractivity contribution in [1.29, 1.82) is 0 Å². The number of carbonyl (C=O) groups excluding carboxylic acids is 1. The van der Waals surface area contributed by atoms with Gasteiger partial charge in [-0.3, -0.25) is 4.79 Å². The number of hydrogen-bond acceptors (Lipinski definition) is 3. The van der Waals surface area contributed by atoms with Crippen LogP contribution in [0.4, 0.5) is 0 Å². The Bertz CT molecular complexity index is 822. The monoisotopic (exact) mass is 309 g/mol. The molecule has 0 radical (unpaired) electrons. The first-order chi connectivity index (χ1) is 11.2. The molecule has 118 valence electrons. The molecule has 0 aliphatic rings. The predicted octanol–water partition coefficient (Wildman–Crippen LogP) is 2.99. The summed E-state index contributed by atoms with van der Waals surface area (Å²) in [6, 6.07) is 11.4. The van der Waals surface area contributed by atoms with E-state index in [9.17, 15) is 4.79 Å². The Balaban J connectivity index is 1.78. The molecule has 0 saturated carbocycles. The van der Waals surface area contributed by atoms with Crippen molar-refractivity contribution in [2.45, 2.75) is 20.0 Å². The van der Waals surface area contributed by atoms with E-state index in [2.05, 4.69) is 10.3 Å². The molecule has 23 heavy (non-hydrogen) atoms. The van der Waals surface area contributed by atoms with Crippen LogP contribution in [-0.4, -0.2) is 22.6 Å². The van der Waals surface area contributed by atoms with Crippen molar-refractivity contribution in [3.8, 4) is 5.75 Å². The van der Waals surface area contributed by atoms with E-state index in [0.717, 1.165) is 28.9 Å². The van der Waals surface area contributed by atoms with Gasteiger partial charge in [-0.15, -0.1) is 0 Å². The van der Waals surface area contributed by atoms with Crippen molar-refractivity contribution in [3.05, 3.63) is 59.9 Å². The Kier molecular flexibility index (Phi) is 4.28. The summed E-state index contributed by atoms with van der Waals surface area (Å²) in [5.74, 6) is 0.711. The smallest absolute Gasteiger partial charge is 0.253 e. The maximum absolute atomic E-state index is 12.5. The van der Waals surface area contributed by atoms with Crippen LogP contribution in [-0.2, 0) is 13.1 Å². The molecule has 0 aliphatic heterocycles. The highest BCUT2D eigenvalue weighted by Crippen LogP contribution is 2.19. The lowest BCUT2D eigenvalue weighted by atomic mass is 10.2. The van der Waals surface area contributed by atoms with Crippen LogP contribution in [0.5, 0.6) is 5.75 Å². The Morgan fingerprint density at radius 3 is 2.74 bits per heavy atom. The average molecular weight is 309 g/mol. The largest absolute Gasteiger partial charge is 0.497 e. The lowest BCUT2D eigenvalue weighted by Crippen LogP contribution is -2.22. The molecule has 2 aromatic heterocycles. The van der Waals surface area contributed by atoms with E-state index in [1.807, 2.05) is 54.1 Å². The number of methoxy groups -OCH3 is 1. The minimum absolute atomic E-state index is 0.0916. The molecule has 1 amide bonds. The summed E-state index contributed by atoms with van der Waals surface area (Å²) >= 11 is 0. The van der Waals surface area contributed by atoms with Gasteiger partial charge in [-0.05, 0) is 36.8 Å². The van der Waals surface area contributed by atoms with Crippen molar-refractivity contribution in [2.75, 3.05) is 7.11 Å². The van der Waals surface area contributed by atoms with E-state index in [1.54, 1.807) is 13.3 Å². The zero-order chi connectivity index (χ0) is 16.2. The molecule has 5 heteroatoms. The van der Waals surface area contributed by atoms with Gasteiger partial charge in [0, 0.05) is 30.9 Å². The zero-order valence-electron chi connectivity index (χ0n) is 13.2. The van der Waals surface area contributed by atoms with Crippen LogP contribution in [0.1, 0.15) is 22.8 Å². The van der Waals surface area contributed by atoms with E-state index in [1.165, 1.54) is 0 Å². The number of fused-ring (bicyclic) bond motifs is 1. The molecule has 1 N–H and O–H groups in total. The van der Waals surface area contributed by atoms with Crippen LogP contribution in [0.3, 0.4) is 0 Å². The van der Waals surface area contributed by atoms with Crippen LogP contribution in [0.25, 0.3) is 11.0 Å². The predicted molar refractivity (Wildman–Crippen MR) is 89.6 cm³/mol. The van der Waals surface area contributed by atoms with E-state index >= 15 is 0 Å². The number of nitrogens with one attached hydrogen (secondary N) is 1. The summed E-state index contributed by atoms with van der Waals surface area (Å²) in [7, 11) is 1.63. The molecule has 0 saturated heterocycles. The second-order valence-corrected chi connectivity index (χ2v) is 5.23. The number of hydrogen-bond donors (Lipinski definition) is 1. The minimum atomic E-state index is -0.0916. The number of nitrogens with zero attached hydrogens (tertiary/aromatic N) is 2. The summed E-state index contributed by atoms with van der Waals surface area (Å²) in [4.78, 5) is 16.9. The van der Waals surface area contributed by atoms with E-state index in [4.69, 9.17) is 4.74 Å². The zero-order valence-corrected chi connectivity index (χ0v) is 13.2. The second kappa shape index (κ2) is 6.52. The second-order valence-electron chi connectivity index (χ2n) is 5.23. The SMILES string of the molecule is CCn1cc(C(=O)NCc2ccc(OC)cc2)c2cccnc21. The van der Waals surface area contributed by atoms with E-state index in [0.29, 0.717) is 12.1 Å². The fourth-order valence-corrected chi connectivity index (χ4v) is 2.57. The third-order valence-electron chi connectivity index (χ3n) is 3.83. The molecule has 0 atom stereocenters. The Morgan fingerprint density at radius 1 is 1.26 bits per heavy atom. The fourth-order valence-electron chi connectivity index (χ4n) is 2.57. The van der Waals surface area contributed by atoms with Crippen LogP contribution < -0.4 is 10.1 Å². The van der Waals surface area contributed by atoms with Gasteiger partial charge in [-0.2, -0.15) is 0 Å². The van der Waals surface area contributed by atoms with Gasteiger partial charge >= 0.3 is 0 Å². The van der Waals surface area contributed by atoms with Gasteiger partial charge in [0.15, 0.2) is 0 Å². The summed E-state index contributed by atoms with van der Waals surface area (Å²) in [5.41, 5.74) is 2.52. The highest BCUT2D eigenvalue weighted by Gasteiger charge is 2.14. The van der Waals surface area contributed by atoms with Gasteiger partial charge in [-0.25, -0.2) is 4.98 Å². The highest BCUT2D eigenvalue weighted by molar-refractivity contribution is 6.06. The van der Waals surface area contributed by atoms with Crippen LogP contribution in [0.15, 0.2) is 48.8 Å². The number of ether oxygens (including phenoxy) is 1. The molecule has 0 aliphatic carbocycles. The molecule has 5 nitrogen and oxygen atoms in total. The molecule has 0 fully saturated rings. The van der Waals surface area contributed by atoms with Crippen molar-refractivity contribution in [3.63, 3.8) is 0 Å². The number of rotatable bonds is 5. The fraction of sp³-hybridized carbons (Fsp3) is 0.222. The van der Waals surface area contributed by atoms with E-state index in [-0.39, 0.29) is 5.91 Å². The van der Waals surface area contributed by atoms with Crippen molar-refractivity contribution in [1.82, 2.24) is 14.9 Å². The van der Waals surface area contributed by atoms with Crippen molar-refractivity contribution >= 4 is 16.9 Å². The Morgan fingerprint density at radius 2 is 2.04 bits per heavy atom. The number of pyridine rings is 1. The maximum Gasteiger partial charge on any atom is 0.253 e. The summed E-state index contributed by atoms with van der Waals surface area (Å²) < 4.78 is 7.11. The first-order valence-electron chi connectivity index (χ1n) is 7.58. The average Bonchev–Trinajstić information content (AvgIpc) is 2.99. The molecule has 1 aromatic carbocycles. The third kappa shape index (κ3) is 3.04. The molecule has 0 unspecified atom stereocenters.